The second-order valence-corrected chi connectivity index (χ2v) is 3.32. The van der Waals surface area contributed by atoms with Crippen LogP contribution in [0.1, 0.15) is 15.9 Å². The van der Waals surface area contributed by atoms with E-state index in [0.717, 1.165) is 12.1 Å². The maximum Gasteiger partial charge on any atom is 0.387 e. The van der Waals surface area contributed by atoms with E-state index in [0.29, 0.717) is 0 Å². The van der Waals surface area contributed by atoms with Gasteiger partial charge in [0.25, 0.3) is 0 Å². The Morgan fingerprint density at radius 1 is 1.50 bits per heavy atom. The summed E-state index contributed by atoms with van der Waals surface area (Å²) in [5, 5.41) is 8.86. The van der Waals surface area contributed by atoms with E-state index in [4.69, 9.17) is 5.11 Å². The normalized spacial score (nSPS) is 10.6. The van der Waals surface area contributed by atoms with E-state index >= 15 is 0 Å². The smallest absolute Gasteiger partial charge is 0.387 e. The molecular formula is C9H6BrF3O3. The zero-order valence-corrected chi connectivity index (χ0v) is 9.30. The van der Waals surface area contributed by atoms with E-state index in [1.807, 2.05) is 0 Å². The molecule has 0 fully saturated rings. The quantitative estimate of drug-likeness (QED) is 0.869. The zero-order valence-electron chi connectivity index (χ0n) is 7.71. The van der Waals surface area contributed by atoms with Crippen LogP contribution in [0.15, 0.2) is 12.1 Å². The van der Waals surface area contributed by atoms with Gasteiger partial charge < -0.3 is 9.84 Å². The Hall–Kier alpha value is -1.24. The van der Waals surface area contributed by atoms with Crippen molar-refractivity contribution >= 4 is 21.9 Å². The van der Waals surface area contributed by atoms with Gasteiger partial charge in [-0.3, -0.25) is 0 Å². The maximum absolute atomic E-state index is 13.2. The van der Waals surface area contributed by atoms with Crippen molar-refractivity contribution in [1.82, 2.24) is 0 Å². The number of carbonyl (C=O) groups is 1. The molecule has 1 N–H and O–H groups in total. The number of carboxylic acid groups (broad SMARTS) is 1. The number of hydrogen-bond donors (Lipinski definition) is 1. The molecule has 3 nitrogen and oxygen atoms in total. The van der Waals surface area contributed by atoms with Crippen LogP contribution in [0.4, 0.5) is 13.2 Å². The number of benzene rings is 1. The van der Waals surface area contributed by atoms with E-state index in [9.17, 15) is 18.0 Å². The fourth-order valence-electron chi connectivity index (χ4n) is 1.09. The SMILES string of the molecule is O=C(O)c1cc(OC(F)F)c(F)cc1CBr. The molecule has 0 spiro atoms. The summed E-state index contributed by atoms with van der Waals surface area (Å²) < 4.78 is 40.8. The average molecular weight is 299 g/mol. The van der Waals surface area contributed by atoms with Gasteiger partial charge in [-0.1, -0.05) is 15.9 Å². The van der Waals surface area contributed by atoms with E-state index in [-0.39, 0.29) is 16.5 Å². The van der Waals surface area contributed by atoms with Crippen LogP contribution in [0.25, 0.3) is 0 Å². The topological polar surface area (TPSA) is 46.5 Å². The van der Waals surface area contributed by atoms with Gasteiger partial charge in [0, 0.05) is 5.33 Å². The first-order valence-electron chi connectivity index (χ1n) is 4.02. The minimum Gasteiger partial charge on any atom is -0.478 e. The van der Waals surface area contributed by atoms with Gasteiger partial charge in [-0.2, -0.15) is 8.78 Å². The lowest BCUT2D eigenvalue weighted by Crippen LogP contribution is -2.08. The van der Waals surface area contributed by atoms with Gasteiger partial charge in [0.05, 0.1) is 5.56 Å². The van der Waals surface area contributed by atoms with Crippen molar-refractivity contribution in [1.29, 1.82) is 0 Å². The van der Waals surface area contributed by atoms with Crippen LogP contribution in [0.3, 0.4) is 0 Å². The van der Waals surface area contributed by atoms with Gasteiger partial charge >= 0.3 is 12.6 Å². The maximum atomic E-state index is 13.2. The molecule has 0 aliphatic heterocycles. The Labute approximate surface area is 97.0 Å². The summed E-state index contributed by atoms with van der Waals surface area (Å²) in [5.74, 6) is -3.15. The lowest BCUT2D eigenvalue weighted by molar-refractivity contribution is -0.0522. The van der Waals surface area contributed by atoms with E-state index in [2.05, 4.69) is 20.7 Å². The minimum atomic E-state index is -3.20. The van der Waals surface area contributed by atoms with Crippen LogP contribution in [-0.2, 0) is 5.33 Å². The highest BCUT2D eigenvalue weighted by Gasteiger charge is 2.17. The van der Waals surface area contributed by atoms with Gasteiger partial charge in [-0.05, 0) is 17.7 Å². The van der Waals surface area contributed by atoms with E-state index in [1.54, 1.807) is 0 Å². The summed E-state index contributed by atoms with van der Waals surface area (Å²) in [6, 6.07) is 1.58. The van der Waals surface area contributed by atoms with Crippen LogP contribution in [0.2, 0.25) is 0 Å². The van der Waals surface area contributed by atoms with Crippen molar-refractivity contribution in [2.24, 2.45) is 0 Å². The summed E-state index contributed by atoms with van der Waals surface area (Å²) in [4.78, 5) is 10.7. The Kier molecular flexibility index (Phi) is 4.17. The summed E-state index contributed by atoms with van der Waals surface area (Å²) >= 11 is 2.97. The molecule has 1 aromatic carbocycles. The predicted molar refractivity (Wildman–Crippen MR) is 52.6 cm³/mol. The first kappa shape index (κ1) is 12.8. The molecule has 0 heterocycles. The standard InChI is InChI=1S/C9H6BrF3O3/c10-3-4-1-6(11)7(16-9(12)13)2-5(4)8(14)15/h1-2,9H,3H2,(H,14,15). The average Bonchev–Trinajstić information content (AvgIpc) is 2.19. The van der Waals surface area contributed by atoms with Crippen molar-refractivity contribution in [3.8, 4) is 5.75 Å². The van der Waals surface area contributed by atoms with Gasteiger partial charge in [0.2, 0.25) is 0 Å². The molecule has 0 aliphatic carbocycles. The lowest BCUT2D eigenvalue weighted by Gasteiger charge is -2.09. The van der Waals surface area contributed by atoms with Crippen molar-refractivity contribution in [3.63, 3.8) is 0 Å². The van der Waals surface area contributed by atoms with Crippen molar-refractivity contribution in [3.05, 3.63) is 29.1 Å². The molecule has 0 atom stereocenters. The number of alkyl halides is 3. The molecule has 0 aromatic heterocycles. The molecule has 0 radical (unpaired) electrons. The lowest BCUT2D eigenvalue weighted by atomic mass is 10.1. The Morgan fingerprint density at radius 2 is 2.12 bits per heavy atom. The summed E-state index contributed by atoms with van der Waals surface area (Å²) in [5.41, 5.74) is -0.138. The molecule has 1 aromatic rings. The highest BCUT2D eigenvalue weighted by atomic mass is 79.9. The third kappa shape index (κ3) is 2.88. The number of ether oxygens (including phenoxy) is 1. The highest BCUT2D eigenvalue weighted by Crippen LogP contribution is 2.25. The molecule has 0 saturated heterocycles. The van der Waals surface area contributed by atoms with Gasteiger partial charge in [0.15, 0.2) is 11.6 Å². The molecule has 0 unspecified atom stereocenters. The fourth-order valence-corrected chi connectivity index (χ4v) is 1.55. The fraction of sp³-hybridized carbons (Fsp3) is 0.222. The summed E-state index contributed by atoms with van der Waals surface area (Å²) in [7, 11) is 0. The number of aromatic carboxylic acids is 1. The van der Waals surface area contributed by atoms with Crippen LogP contribution in [0.5, 0.6) is 5.75 Å². The van der Waals surface area contributed by atoms with Gasteiger partial charge in [-0.15, -0.1) is 0 Å². The zero-order chi connectivity index (χ0) is 12.3. The Balaban J connectivity index is 3.22. The molecular weight excluding hydrogens is 293 g/mol. The van der Waals surface area contributed by atoms with Gasteiger partial charge in [0.1, 0.15) is 0 Å². The third-order valence-electron chi connectivity index (χ3n) is 1.75. The second-order valence-electron chi connectivity index (χ2n) is 2.76. The first-order chi connectivity index (χ1) is 7.45. The summed E-state index contributed by atoms with van der Waals surface area (Å²) in [6.07, 6.45) is 0. The van der Waals surface area contributed by atoms with Crippen molar-refractivity contribution < 1.29 is 27.8 Å². The molecule has 0 saturated carbocycles. The molecule has 16 heavy (non-hydrogen) atoms. The molecule has 1 rings (SSSR count). The van der Waals surface area contributed by atoms with E-state index < -0.39 is 24.1 Å². The van der Waals surface area contributed by atoms with Crippen LogP contribution in [0, 0.1) is 5.82 Å². The highest BCUT2D eigenvalue weighted by molar-refractivity contribution is 9.08. The second kappa shape index (κ2) is 5.20. The molecule has 7 heteroatoms. The van der Waals surface area contributed by atoms with Crippen LogP contribution in [-0.4, -0.2) is 17.7 Å². The van der Waals surface area contributed by atoms with Crippen molar-refractivity contribution in [2.45, 2.75) is 11.9 Å². The molecule has 88 valence electrons. The molecule has 0 bridgehead atoms. The summed E-state index contributed by atoms with van der Waals surface area (Å²) in [6.45, 7) is -3.20. The molecule has 0 amide bonds. The van der Waals surface area contributed by atoms with Crippen LogP contribution >= 0.6 is 15.9 Å². The third-order valence-corrected chi connectivity index (χ3v) is 2.35. The first-order valence-corrected chi connectivity index (χ1v) is 5.14. The Bertz CT molecular complexity index is 409. The predicted octanol–water partition coefficient (Wildman–Crippen LogP) is 3.02. The number of hydrogen-bond acceptors (Lipinski definition) is 2. The van der Waals surface area contributed by atoms with Crippen molar-refractivity contribution in [2.75, 3.05) is 0 Å². The van der Waals surface area contributed by atoms with Crippen LogP contribution < -0.4 is 4.74 Å². The number of rotatable bonds is 4. The monoisotopic (exact) mass is 298 g/mol. The number of halogens is 4. The largest absolute Gasteiger partial charge is 0.478 e. The van der Waals surface area contributed by atoms with Gasteiger partial charge in [-0.25, -0.2) is 9.18 Å². The Morgan fingerprint density at radius 3 is 2.56 bits per heavy atom. The number of carboxylic acids is 1. The minimum absolute atomic E-state index is 0.0977. The molecule has 0 aliphatic rings. The van der Waals surface area contributed by atoms with E-state index in [1.165, 1.54) is 0 Å².